The van der Waals surface area contributed by atoms with Crippen LogP contribution in [-0.4, -0.2) is 59.6 Å². The lowest BCUT2D eigenvalue weighted by Crippen LogP contribution is -2.34. The number of carbonyl (C=O) groups excluding carboxylic acids is 1. The Morgan fingerprint density at radius 3 is 2.70 bits per heavy atom. The van der Waals surface area contributed by atoms with Gasteiger partial charge in [0, 0.05) is 26.7 Å². The van der Waals surface area contributed by atoms with Gasteiger partial charge in [0.05, 0.1) is 17.6 Å². The van der Waals surface area contributed by atoms with Crippen LogP contribution in [0.25, 0.3) is 0 Å². The summed E-state index contributed by atoms with van der Waals surface area (Å²) < 4.78 is 33.2. The highest BCUT2D eigenvalue weighted by atomic mass is 32.2. The summed E-state index contributed by atoms with van der Waals surface area (Å²) >= 11 is 0. The third-order valence-corrected chi connectivity index (χ3v) is 7.03. The molecule has 1 saturated heterocycles. The minimum Gasteiger partial charge on any atom is -0.496 e. The van der Waals surface area contributed by atoms with Crippen molar-refractivity contribution in [3.05, 3.63) is 59.2 Å². The van der Waals surface area contributed by atoms with E-state index in [0.717, 1.165) is 19.5 Å². The highest BCUT2D eigenvalue weighted by molar-refractivity contribution is 7.89. The topological polar surface area (TPSA) is 87.7 Å². The molecule has 0 bridgehead atoms. The second kappa shape index (κ2) is 9.59. The zero-order valence-electron chi connectivity index (χ0n) is 17.6. The van der Waals surface area contributed by atoms with E-state index in [1.165, 1.54) is 43.5 Å². The lowest BCUT2D eigenvalue weighted by Gasteiger charge is -2.17. The van der Waals surface area contributed by atoms with Crippen molar-refractivity contribution in [1.29, 1.82) is 0 Å². The molecule has 1 amide bonds. The molecule has 1 heterocycles. The number of carbonyl (C=O) groups is 1. The van der Waals surface area contributed by atoms with Crippen LogP contribution in [0.3, 0.4) is 0 Å². The number of nitrogens with zero attached hydrogens (tertiary/aromatic N) is 1. The zero-order chi connectivity index (χ0) is 21.7. The number of nitrogens with one attached hydrogen (secondary N) is 2. The Labute approximate surface area is 178 Å². The smallest absolute Gasteiger partial charge is 0.254 e. The maximum Gasteiger partial charge on any atom is 0.254 e. The molecule has 8 heteroatoms. The van der Waals surface area contributed by atoms with E-state index in [4.69, 9.17) is 4.74 Å². The summed E-state index contributed by atoms with van der Waals surface area (Å²) in [5, 5.41) is 2.50. The Hall–Kier alpha value is -2.42. The van der Waals surface area contributed by atoms with Gasteiger partial charge in [0.15, 0.2) is 0 Å². The van der Waals surface area contributed by atoms with Crippen LogP contribution in [-0.2, 0) is 10.0 Å². The quantitative estimate of drug-likeness (QED) is 0.669. The van der Waals surface area contributed by atoms with Gasteiger partial charge in [0.2, 0.25) is 10.0 Å². The molecule has 2 N–H and O–H groups in total. The number of aryl methyl sites for hydroxylation is 1. The molecule has 0 spiro atoms. The van der Waals surface area contributed by atoms with E-state index < -0.39 is 15.9 Å². The molecule has 2 aromatic rings. The van der Waals surface area contributed by atoms with Crippen LogP contribution in [0.2, 0.25) is 0 Å². The summed E-state index contributed by atoms with van der Waals surface area (Å²) in [6.07, 6.45) is 1.07. The van der Waals surface area contributed by atoms with E-state index >= 15 is 0 Å². The summed E-state index contributed by atoms with van der Waals surface area (Å²) in [4.78, 5) is 14.3. The highest BCUT2D eigenvalue weighted by Crippen LogP contribution is 2.29. The molecule has 1 aliphatic rings. The molecule has 1 fully saturated rings. The van der Waals surface area contributed by atoms with Gasteiger partial charge >= 0.3 is 0 Å². The highest BCUT2D eigenvalue weighted by Gasteiger charge is 2.25. The molecule has 30 heavy (non-hydrogen) atoms. The Morgan fingerprint density at radius 1 is 1.23 bits per heavy atom. The first-order valence-electron chi connectivity index (χ1n) is 10.0. The lowest BCUT2D eigenvalue weighted by molar-refractivity contribution is 0.0960. The van der Waals surface area contributed by atoms with Crippen LogP contribution < -0.4 is 14.8 Å². The van der Waals surface area contributed by atoms with Crippen molar-refractivity contribution in [1.82, 2.24) is 14.9 Å². The molecule has 0 unspecified atom stereocenters. The van der Waals surface area contributed by atoms with Gasteiger partial charge in [-0.05, 0) is 55.1 Å². The number of amides is 1. The molecular formula is C22H29N3O4S. The van der Waals surface area contributed by atoms with Crippen LogP contribution in [0.5, 0.6) is 5.75 Å². The van der Waals surface area contributed by atoms with E-state index in [0.29, 0.717) is 24.8 Å². The fourth-order valence-electron chi connectivity index (χ4n) is 3.92. The van der Waals surface area contributed by atoms with Gasteiger partial charge in [-0.25, -0.2) is 13.1 Å². The predicted molar refractivity (Wildman–Crippen MR) is 117 cm³/mol. The Balaban J connectivity index is 1.60. The molecule has 0 radical (unpaired) electrons. The average molecular weight is 432 g/mol. The van der Waals surface area contributed by atoms with Crippen molar-refractivity contribution in [3.8, 4) is 5.75 Å². The Kier molecular flexibility index (Phi) is 7.12. The minimum atomic E-state index is -3.73. The first-order chi connectivity index (χ1) is 14.4. The van der Waals surface area contributed by atoms with Gasteiger partial charge in [-0.1, -0.05) is 24.3 Å². The average Bonchev–Trinajstić information content (AvgIpc) is 3.21. The summed E-state index contributed by atoms with van der Waals surface area (Å²) in [6.45, 7) is 4.96. The molecule has 1 atom stereocenters. The van der Waals surface area contributed by atoms with Crippen molar-refractivity contribution >= 4 is 15.9 Å². The largest absolute Gasteiger partial charge is 0.496 e. The van der Waals surface area contributed by atoms with Crippen molar-refractivity contribution in [3.63, 3.8) is 0 Å². The Bertz CT molecular complexity index is 1010. The molecule has 0 aliphatic carbocycles. The summed E-state index contributed by atoms with van der Waals surface area (Å²) in [5.41, 5.74) is 2.86. The van der Waals surface area contributed by atoms with E-state index in [9.17, 15) is 13.2 Å². The van der Waals surface area contributed by atoms with Gasteiger partial charge in [-0.3, -0.25) is 4.79 Å². The van der Waals surface area contributed by atoms with Crippen LogP contribution in [0, 0.1) is 6.92 Å². The maximum atomic E-state index is 12.7. The fourth-order valence-corrected chi connectivity index (χ4v) is 4.97. The first kappa shape index (κ1) is 22.3. The third-order valence-electron chi connectivity index (χ3n) is 5.57. The first-order valence-corrected chi connectivity index (χ1v) is 11.5. The van der Waals surface area contributed by atoms with E-state index in [1.807, 2.05) is 0 Å². The van der Waals surface area contributed by atoms with Crippen molar-refractivity contribution < 1.29 is 17.9 Å². The summed E-state index contributed by atoms with van der Waals surface area (Å²) in [6, 6.07) is 12.7. The van der Waals surface area contributed by atoms with Crippen LogP contribution in [0.15, 0.2) is 47.4 Å². The molecule has 3 rings (SSSR count). The van der Waals surface area contributed by atoms with Crippen LogP contribution in [0.1, 0.15) is 33.8 Å². The van der Waals surface area contributed by atoms with Gasteiger partial charge in [-0.15, -0.1) is 0 Å². The van der Waals surface area contributed by atoms with Gasteiger partial charge in [-0.2, -0.15) is 0 Å². The van der Waals surface area contributed by atoms with Crippen molar-refractivity contribution in [2.24, 2.45) is 0 Å². The number of methoxy groups -OCH3 is 1. The second-order valence-corrected chi connectivity index (χ2v) is 9.25. The van der Waals surface area contributed by atoms with Crippen molar-refractivity contribution in [2.75, 3.05) is 40.3 Å². The predicted octanol–water partition coefficient (Wildman–Crippen LogP) is 2.13. The number of rotatable bonds is 8. The fraction of sp³-hybridized carbons (Fsp3) is 0.409. The molecule has 0 aromatic heterocycles. The molecule has 162 valence electrons. The van der Waals surface area contributed by atoms with Gasteiger partial charge < -0.3 is 15.0 Å². The van der Waals surface area contributed by atoms with Gasteiger partial charge in [0.1, 0.15) is 5.75 Å². The molecular weight excluding hydrogens is 402 g/mol. The van der Waals surface area contributed by atoms with E-state index in [2.05, 4.69) is 46.1 Å². The zero-order valence-corrected chi connectivity index (χ0v) is 18.5. The van der Waals surface area contributed by atoms with Crippen molar-refractivity contribution in [2.45, 2.75) is 24.2 Å². The lowest BCUT2D eigenvalue weighted by atomic mass is 9.94. The minimum absolute atomic E-state index is 0.0427. The summed E-state index contributed by atoms with van der Waals surface area (Å²) in [7, 11) is -0.799. The number of likely N-dealkylation sites (tertiary alicyclic amines) is 1. The monoisotopic (exact) mass is 431 g/mol. The van der Waals surface area contributed by atoms with E-state index in [1.54, 1.807) is 0 Å². The molecule has 2 aromatic carbocycles. The summed E-state index contributed by atoms with van der Waals surface area (Å²) in [5.74, 6) is 0.412. The third kappa shape index (κ3) is 5.00. The Morgan fingerprint density at radius 2 is 2.00 bits per heavy atom. The van der Waals surface area contributed by atoms with Crippen LogP contribution in [0.4, 0.5) is 0 Å². The number of benzene rings is 2. The number of ether oxygens (including phenoxy) is 1. The number of hydrogen-bond acceptors (Lipinski definition) is 5. The number of hydrogen-bond donors (Lipinski definition) is 2. The molecule has 1 aliphatic heterocycles. The molecule has 0 saturated carbocycles. The number of sulfonamides is 1. The second-order valence-electron chi connectivity index (χ2n) is 7.48. The standard InChI is InChI=1S/C22H29N3O4S/c1-16-6-4-5-7-19(16)17-10-12-25(15-17)13-11-24-30(27,28)18-8-9-21(29-3)20(14-18)22(26)23-2/h4-9,14,17,24H,10-13,15H2,1-3H3,(H,23,26)/t17-/m0/s1. The SMILES string of the molecule is CNC(=O)c1cc(S(=O)(=O)NCCN2CC[C@H](c3ccccc3C)C2)ccc1OC. The maximum absolute atomic E-state index is 12.7. The molecule has 7 nitrogen and oxygen atoms in total. The normalized spacial score (nSPS) is 17.1. The van der Waals surface area contributed by atoms with Crippen LogP contribution >= 0.6 is 0 Å². The van der Waals surface area contributed by atoms with E-state index in [-0.39, 0.29) is 10.5 Å². The van der Waals surface area contributed by atoms with Gasteiger partial charge in [0.25, 0.3) is 5.91 Å².